The Labute approximate surface area is 141 Å². The summed E-state index contributed by atoms with van der Waals surface area (Å²) in [4.78, 5) is 24.1. The summed E-state index contributed by atoms with van der Waals surface area (Å²) < 4.78 is 28.0. The Hall–Kier alpha value is -2.47. The van der Waals surface area contributed by atoms with Crippen LogP contribution in [0, 0.1) is 0 Å². The number of Topliss-reactive ketones (excluding diaryl/α,β-unsaturated/α-hetero) is 1. The fraction of sp³-hybridized carbons (Fsp3) is 0.222. The van der Waals surface area contributed by atoms with Crippen LogP contribution in [0.2, 0.25) is 0 Å². The number of aryl methyl sites for hydroxylation is 1. The zero-order valence-corrected chi connectivity index (χ0v) is 14.3. The Morgan fingerprint density at radius 3 is 2.25 bits per heavy atom. The minimum absolute atomic E-state index is 0.0263. The van der Waals surface area contributed by atoms with Crippen LogP contribution in [0.5, 0.6) is 0 Å². The van der Waals surface area contributed by atoms with Crippen LogP contribution in [0.15, 0.2) is 53.4 Å². The van der Waals surface area contributed by atoms with Crippen molar-refractivity contribution in [1.29, 1.82) is 0 Å². The highest BCUT2D eigenvalue weighted by atomic mass is 32.2. The molecule has 2 aromatic rings. The fourth-order valence-corrected chi connectivity index (χ4v) is 2.74. The number of ketones is 1. The van der Waals surface area contributed by atoms with Gasteiger partial charge in [-0.25, -0.2) is 13.2 Å². The van der Waals surface area contributed by atoms with Crippen molar-refractivity contribution in [2.75, 3.05) is 12.9 Å². The van der Waals surface area contributed by atoms with Gasteiger partial charge in [0.2, 0.25) is 0 Å². The van der Waals surface area contributed by atoms with Gasteiger partial charge in [-0.3, -0.25) is 4.79 Å². The first kappa shape index (κ1) is 17.9. The third kappa shape index (κ3) is 4.52. The predicted octanol–water partition coefficient (Wildman–Crippen LogP) is 2.69. The second-order valence-electron chi connectivity index (χ2n) is 5.35. The highest BCUT2D eigenvalue weighted by molar-refractivity contribution is 7.90. The summed E-state index contributed by atoms with van der Waals surface area (Å²) >= 11 is 0. The second-order valence-corrected chi connectivity index (χ2v) is 7.37. The van der Waals surface area contributed by atoms with Crippen molar-refractivity contribution in [2.24, 2.45) is 0 Å². The van der Waals surface area contributed by atoms with E-state index in [1.165, 1.54) is 24.3 Å². The minimum atomic E-state index is -3.41. The van der Waals surface area contributed by atoms with E-state index < -0.39 is 22.4 Å². The number of rotatable bonds is 6. The number of carbonyl (C=O) groups is 2. The monoisotopic (exact) mass is 346 g/mol. The lowest BCUT2D eigenvalue weighted by atomic mass is 10.1. The maximum atomic E-state index is 12.0. The molecule has 0 heterocycles. The van der Waals surface area contributed by atoms with Gasteiger partial charge in [0, 0.05) is 11.8 Å². The topological polar surface area (TPSA) is 77.5 Å². The molecule has 24 heavy (non-hydrogen) atoms. The molecule has 126 valence electrons. The van der Waals surface area contributed by atoms with Crippen LogP contribution in [0.1, 0.15) is 33.2 Å². The molecule has 0 saturated carbocycles. The predicted molar refractivity (Wildman–Crippen MR) is 90.0 cm³/mol. The van der Waals surface area contributed by atoms with Gasteiger partial charge in [-0.1, -0.05) is 37.3 Å². The number of esters is 1. The maximum absolute atomic E-state index is 12.0. The van der Waals surface area contributed by atoms with Crippen LogP contribution in [0.4, 0.5) is 0 Å². The third-order valence-corrected chi connectivity index (χ3v) is 4.63. The van der Waals surface area contributed by atoms with Gasteiger partial charge in [0.25, 0.3) is 0 Å². The Balaban J connectivity index is 2.03. The van der Waals surface area contributed by atoms with Gasteiger partial charge in [-0.05, 0) is 30.2 Å². The van der Waals surface area contributed by atoms with E-state index in [-0.39, 0.29) is 16.2 Å². The average Bonchev–Trinajstić information content (AvgIpc) is 2.58. The Bertz CT molecular complexity index is 851. The zero-order valence-electron chi connectivity index (χ0n) is 13.5. The van der Waals surface area contributed by atoms with Gasteiger partial charge in [-0.15, -0.1) is 0 Å². The summed E-state index contributed by atoms with van der Waals surface area (Å²) in [5.74, 6) is -1.05. The molecule has 2 aromatic carbocycles. The Morgan fingerprint density at radius 2 is 1.67 bits per heavy atom. The van der Waals surface area contributed by atoms with Crippen LogP contribution in [-0.4, -0.2) is 33.0 Å². The molecule has 0 amide bonds. The van der Waals surface area contributed by atoms with Crippen molar-refractivity contribution in [3.05, 3.63) is 65.2 Å². The smallest absolute Gasteiger partial charge is 0.338 e. The summed E-state index contributed by atoms with van der Waals surface area (Å²) in [6.45, 7) is 1.62. The molecular weight excluding hydrogens is 328 g/mol. The molecule has 0 saturated heterocycles. The van der Waals surface area contributed by atoms with Gasteiger partial charge in [-0.2, -0.15) is 0 Å². The molecule has 0 aliphatic heterocycles. The van der Waals surface area contributed by atoms with Crippen molar-refractivity contribution in [2.45, 2.75) is 18.2 Å². The van der Waals surface area contributed by atoms with Crippen molar-refractivity contribution >= 4 is 21.6 Å². The van der Waals surface area contributed by atoms with Crippen molar-refractivity contribution in [3.63, 3.8) is 0 Å². The molecule has 0 bridgehead atoms. The summed E-state index contributed by atoms with van der Waals surface area (Å²) in [7, 11) is -3.41. The molecule has 6 heteroatoms. The summed E-state index contributed by atoms with van der Waals surface area (Å²) in [6.07, 6.45) is 1.93. The molecule has 0 radical (unpaired) electrons. The van der Waals surface area contributed by atoms with E-state index >= 15 is 0 Å². The first-order valence-electron chi connectivity index (χ1n) is 7.40. The second kappa shape index (κ2) is 7.40. The van der Waals surface area contributed by atoms with E-state index in [0.717, 1.165) is 18.2 Å². The number of ether oxygens (including phenoxy) is 1. The zero-order chi connectivity index (χ0) is 17.7. The largest absolute Gasteiger partial charge is 0.454 e. The molecule has 0 fully saturated rings. The lowest BCUT2D eigenvalue weighted by Gasteiger charge is -2.06. The summed E-state index contributed by atoms with van der Waals surface area (Å²) in [6, 6.07) is 12.6. The van der Waals surface area contributed by atoms with E-state index in [0.29, 0.717) is 5.56 Å². The van der Waals surface area contributed by atoms with E-state index in [9.17, 15) is 18.0 Å². The molecule has 0 N–H and O–H groups in total. The molecule has 0 unspecified atom stereocenters. The van der Waals surface area contributed by atoms with E-state index in [2.05, 4.69) is 0 Å². The van der Waals surface area contributed by atoms with E-state index in [4.69, 9.17) is 4.74 Å². The molecule has 0 spiro atoms. The number of hydrogen-bond acceptors (Lipinski definition) is 5. The van der Waals surface area contributed by atoms with Crippen molar-refractivity contribution < 1.29 is 22.7 Å². The standard InChI is InChI=1S/C18H18O5S/c1-3-13-7-9-14(10-8-13)17(19)12-23-18(20)15-5-4-6-16(11-15)24(2,21)22/h4-11H,3,12H2,1-2H3. The number of hydrogen-bond donors (Lipinski definition) is 0. The third-order valence-electron chi connectivity index (χ3n) is 3.52. The molecule has 0 aromatic heterocycles. The Kier molecular flexibility index (Phi) is 5.51. The summed E-state index contributed by atoms with van der Waals surface area (Å²) in [5.41, 5.74) is 1.66. The van der Waals surface area contributed by atoms with Gasteiger partial charge in [0.05, 0.1) is 10.5 Å². The molecule has 2 rings (SSSR count). The fourth-order valence-electron chi connectivity index (χ4n) is 2.08. The van der Waals surface area contributed by atoms with Crippen LogP contribution < -0.4 is 0 Å². The molecule has 0 atom stereocenters. The van der Waals surface area contributed by atoms with Crippen LogP contribution in [0.25, 0.3) is 0 Å². The van der Waals surface area contributed by atoms with Gasteiger partial charge < -0.3 is 4.74 Å². The maximum Gasteiger partial charge on any atom is 0.338 e. The quantitative estimate of drug-likeness (QED) is 0.594. The Morgan fingerprint density at radius 1 is 1.00 bits per heavy atom. The van der Waals surface area contributed by atoms with E-state index in [1.807, 2.05) is 19.1 Å². The minimum Gasteiger partial charge on any atom is -0.454 e. The molecule has 0 aliphatic carbocycles. The van der Waals surface area contributed by atoms with Crippen LogP contribution in [-0.2, 0) is 21.0 Å². The average molecular weight is 346 g/mol. The highest BCUT2D eigenvalue weighted by Crippen LogP contribution is 2.13. The van der Waals surface area contributed by atoms with E-state index in [1.54, 1.807) is 12.1 Å². The SMILES string of the molecule is CCc1ccc(C(=O)COC(=O)c2cccc(S(C)(=O)=O)c2)cc1. The van der Waals surface area contributed by atoms with Gasteiger partial charge in [0.1, 0.15) is 0 Å². The molecule has 5 nitrogen and oxygen atoms in total. The van der Waals surface area contributed by atoms with Gasteiger partial charge >= 0.3 is 5.97 Å². The normalized spacial score (nSPS) is 11.1. The molecule has 0 aliphatic rings. The van der Waals surface area contributed by atoms with Gasteiger partial charge in [0.15, 0.2) is 22.2 Å². The lowest BCUT2D eigenvalue weighted by molar-refractivity contribution is 0.0474. The first-order chi connectivity index (χ1) is 11.3. The van der Waals surface area contributed by atoms with Crippen LogP contribution in [0.3, 0.4) is 0 Å². The van der Waals surface area contributed by atoms with Crippen molar-refractivity contribution in [1.82, 2.24) is 0 Å². The molecular formula is C18H18O5S. The number of benzene rings is 2. The van der Waals surface area contributed by atoms with Crippen molar-refractivity contribution in [3.8, 4) is 0 Å². The van der Waals surface area contributed by atoms with Crippen LogP contribution >= 0.6 is 0 Å². The summed E-state index contributed by atoms with van der Waals surface area (Å²) in [5, 5.41) is 0. The first-order valence-corrected chi connectivity index (χ1v) is 9.30. The number of sulfone groups is 1. The highest BCUT2D eigenvalue weighted by Gasteiger charge is 2.14. The number of carbonyl (C=O) groups excluding carboxylic acids is 2. The lowest BCUT2D eigenvalue weighted by Crippen LogP contribution is -2.14.